The first-order chi connectivity index (χ1) is 7.70. The van der Waals surface area contributed by atoms with Gasteiger partial charge in [-0.2, -0.15) is 0 Å². The van der Waals surface area contributed by atoms with Gasteiger partial charge in [-0.15, -0.1) is 0 Å². The van der Waals surface area contributed by atoms with E-state index in [1.54, 1.807) is 6.07 Å². The summed E-state index contributed by atoms with van der Waals surface area (Å²) in [6.45, 7) is 1.72. The van der Waals surface area contributed by atoms with E-state index in [1.165, 1.54) is 12.1 Å². The minimum absolute atomic E-state index is 0.238. The van der Waals surface area contributed by atoms with E-state index in [-0.39, 0.29) is 5.82 Å². The van der Waals surface area contributed by atoms with Crippen LogP contribution in [0.25, 0.3) is 11.0 Å². The van der Waals surface area contributed by atoms with E-state index in [2.05, 4.69) is 5.32 Å². The van der Waals surface area contributed by atoms with Crippen LogP contribution in [-0.2, 0) is 0 Å². The number of fused-ring (bicyclic) bond motifs is 1. The van der Waals surface area contributed by atoms with Gasteiger partial charge in [-0.1, -0.05) is 0 Å². The van der Waals surface area contributed by atoms with E-state index in [4.69, 9.17) is 4.42 Å². The molecule has 0 aliphatic heterocycles. The van der Waals surface area contributed by atoms with Crippen molar-refractivity contribution in [2.45, 2.75) is 0 Å². The van der Waals surface area contributed by atoms with E-state index >= 15 is 0 Å². The highest BCUT2D eigenvalue weighted by molar-refractivity contribution is 5.81. The molecule has 0 saturated carbocycles. The summed E-state index contributed by atoms with van der Waals surface area (Å²) in [6, 6.07) is 6.39. The smallest absolute Gasteiger partial charge is 0.196 e. The zero-order valence-electron chi connectivity index (χ0n) is 9.46. The number of nitrogens with zero attached hydrogens (tertiary/aromatic N) is 1. The van der Waals surface area contributed by atoms with Crippen molar-refractivity contribution < 1.29 is 8.81 Å². The summed E-state index contributed by atoms with van der Waals surface area (Å²) in [5, 5.41) is 3.87. The molecule has 0 radical (unpaired) electrons. The molecule has 4 heteroatoms. The number of anilines is 1. The molecular weight excluding hydrogens is 207 g/mol. The van der Waals surface area contributed by atoms with E-state index < -0.39 is 0 Å². The molecule has 0 fully saturated rings. The molecule has 3 nitrogen and oxygen atoms in total. The molecule has 0 unspecified atom stereocenters. The molecule has 1 aromatic heterocycles. The zero-order chi connectivity index (χ0) is 11.5. The molecule has 2 rings (SSSR count). The van der Waals surface area contributed by atoms with Crippen LogP contribution in [0.15, 0.2) is 28.7 Å². The predicted octanol–water partition coefficient (Wildman–Crippen LogP) is 2.23. The second-order valence-electron chi connectivity index (χ2n) is 3.79. The number of furan rings is 1. The Kier molecular flexibility index (Phi) is 3.10. The van der Waals surface area contributed by atoms with Crippen molar-refractivity contribution in [2.75, 3.05) is 32.1 Å². The molecule has 0 saturated heterocycles. The van der Waals surface area contributed by atoms with E-state index in [9.17, 15) is 4.39 Å². The Labute approximate surface area is 93.8 Å². The first-order valence-corrected chi connectivity index (χ1v) is 5.25. The number of rotatable bonds is 4. The van der Waals surface area contributed by atoms with Crippen LogP contribution < -0.4 is 10.2 Å². The molecule has 16 heavy (non-hydrogen) atoms. The van der Waals surface area contributed by atoms with Crippen molar-refractivity contribution in [1.29, 1.82) is 0 Å². The molecule has 0 atom stereocenters. The lowest BCUT2D eigenvalue weighted by atomic mass is 10.2. The molecule has 1 N–H and O–H groups in total. The van der Waals surface area contributed by atoms with Crippen LogP contribution in [-0.4, -0.2) is 27.2 Å². The van der Waals surface area contributed by atoms with Gasteiger partial charge >= 0.3 is 0 Å². The number of halogens is 1. The van der Waals surface area contributed by atoms with Gasteiger partial charge in [0.15, 0.2) is 5.88 Å². The molecule has 86 valence electrons. The highest BCUT2D eigenvalue weighted by atomic mass is 19.1. The molecule has 0 aliphatic carbocycles. The van der Waals surface area contributed by atoms with E-state index in [1.807, 2.05) is 25.1 Å². The fourth-order valence-corrected chi connectivity index (χ4v) is 1.58. The first-order valence-electron chi connectivity index (χ1n) is 5.25. The molecule has 0 amide bonds. The fraction of sp³-hybridized carbons (Fsp3) is 0.333. The summed E-state index contributed by atoms with van der Waals surface area (Å²) < 4.78 is 18.6. The van der Waals surface area contributed by atoms with Gasteiger partial charge < -0.3 is 14.6 Å². The summed E-state index contributed by atoms with van der Waals surface area (Å²) >= 11 is 0. The van der Waals surface area contributed by atoms with Crippen molar-refractivity contribution in [3.8, 4) is 0 Å². The normalized spacial score (nSPS) is 10.9. The Hall–Kier alpha value is -1.55. The standard InChI is InChI=1S/C12H15FN2O/c1-14-5-6-15(2)12-8-9-7-10(13)3-4-11(9)16-12/h3-4,7-8,14H,5-6H2,1-2H3. The van der Waals surface area contributed by atoms with Crippen LogP contribution in [0.1, 0.15) is 0 Å². The third-order valence-electron chi connectivity index (χ3n) is 2.54. The molecule has 0 aliphatic rings. The van der Waals surface area contributed by atoms with Crippen molar-refractivity contribution in [2.24, 2.45) is 0 Å². The van der Waals surface area contributed by atoms with Crippen LogP contribution in [0.4, 0.5) is 10.3 Å². The summed E-state index contributed by atoms with van der Waals surface area (Å²) in [6.07, 6.45) is 0. The maximum absolute atomic E-state index is 13.0. The Bertz CT molecular complexity index is 481. The van der Waals surface area contributed by atoms with E-state index in [0.29, 0.717) is 5.58 Å². The molecular formula is C12H15FN2O. The zero-order valence-corrected chi connectivity index (χ0v) is 9.46. The summed E-state index contributed by atoms with van der Waals surface area (Å²) in [5.41, 5.74) is 0.715. The maximum Gasteiger partial charge on any atom is 0.196 e. The monoisotopic (exact) mass is 222 g/mol. The number of hydrogen-bond acceptors (Lipinski definition) is 3. The summed E-state index contributed by atoms with van der Waals surface area (Å²) in [7, 11) is 3.85. The largest absolute Gasteiger partial charge is 0.441 e. The Balaban J connectivity index is 2.25. The molecule has 2 aromatic rings. The number of nitrogens with one attached hydrogen (secondary N) is 1. The quantitative estimate of drug-likeness (QED) is 0.859. The minimum atomic E-state index is -0.238. The molecule has 1 heterocycles. The summed E-state index contributed by atoms with van der Waals surface area (Å²) in [5.74, 6) is 0.522. The van der Waals surface area contributed by atoms with Gasteiger partial charge in [0.05, 0.1) is 0 Å². The van der Waals surface area contributed by atoms with Crippen LogP contribution >= 0.6 is 0 Å². The van der Waals surface area contributed by atoms with Crippen LogP contribution in [0.3, 0.4) is 0 Å². The van der Waals surface area contributed by atoms with Gasteiger partial charge in [-0.3, -0.25) is 0 Å². The Morgan fingerprint density at radius 2 is 2.19 bits per heavy atom. The van der Waals surface area contributed by atoms with Gasteiger partial charge in [0, 0.05) is 31.6 Å². The number of likely N-dealkylation sites (N-methyl/N-ethyl adjacent to an activating group) is 2. The average molecular weight is 222 g/mol. The third-order valence-corrected chi connectivity index (χ3v) is 2.54. The number of hydrogen-bond donors (Lipinski definition) is 1. The van der Waals surface area contributed by atoms with E-state index in [0.717, 1.165) is 24.4 Å². The Morgan fingerprint density at radius 3 is 2.94 bits per heavy atom. The Morgan fingerprint density at radius 1 is 1.38 bits per heavy atom. The van der Waals surface area contributed by atoms with Crippen LogP contribution in [0.5, 0.6) is 0 Å². The average Bonchev–Trinajstić information content (AvgIpc) is 2.68. The highest BCUT2D eigenvalue weighted by Gasteiger charge is 2.08. The van der Waals surface area contributed by atoms with Gasteiger partial charge in [0.2, 0.25) is 0 Å². The predicted molar refractivity (Wildman–Crippen MR) is 63.4 cm³/mol. The minimum Gasteiger partial charge on any atom is -0.441 e. The van der Waals surface area contributed by atoms with Crippen LogP contribution in [0.2, 0.25) is 0 Å². The maximum atomic E-state index is 13.0. The lowest BCUT2D eigenvalue weighted by Gasteiger charge is -2.14. The summed E-state index contributed by atoms with van der Waals surface area (Å²) in [4.78, 5) is 1.99. The first kappa shape index (κ1) is 11.0. The molecule has 1 aromatic carbocycles. The van der Waals surface area contributed by atoms with Gasteiger partial charge in [0.1, 0.15) is 11.4 Å². The van der Waals surface area contributed by atoms with Crippen molar-refractivity contribution >= 4 is 16.9 Å². The van der Waals surface area contributed by atoms with Gasteiger partial charge in [-0.05, 0) is 25.2 Å². The van der Waals surface area contributed by atoms with Crippen molar-refractivity contribution in [1.82, 2.24) is 5.32 Å². The topological polar surface area (TPSA) is 28.4 Å². The van der Waals surface area contributed by atoms with Crippen molar-refractivity contribution in [3.63, 3.8) is 0 Å². The fourth-order valence-electron chi connectivity index (χ4n) is 1.58. The second kappa shape index (κ2) is 4.53. The highest BCUT2D eigenvalue weighted by Crippen LogP contribution is 2.25. The second-order valence-corrected chi connectivity index (χ2v) is 3.79. The van der Waals surface area contributed by atoms with Gasteiger partial charge in [0.25, 0.3) is 0 Å². The van der Waals surface area contributed by atoms with Crippen molar-refractivity contribution in [3.05, 3.63) is 30.1 Å². The SMILES string of the molecule is CNCCN(C)c1cc2cc(F)ccc2o1. The molecule has 0 bridgehead atoms. The lowest BCUT2D eigenvalue weighted by Crippen LogP contribution is -2.26. The lowest BCUT2D eigenvalue weighted by molar-refractivity contribution is 0.590. The number of benzene rings is 1. The van der Waals surface area contributed by atoms with Crippen LogP contribution in [0, 0.1) is 5.82 Å². The van der Waals surface area contributed by atoms with Gasteiger partial charge in [-0.25, -0.2) is 4.39 Å². The third kappa shape index (κ3) is 2.17. The molecule has 0 spiro atoms.